The highest BCUT2D eigenvalue weighted by molar-refractivity contribution is 7.91. The zero-order valence-corrected chi connectivity index (χ0v) is 24.3. The summed E-state index contributed by atoms with van der Waals surface area (Å²) in [4.78, 5) is 12.7. The van der Waals surface area contributed by atoms with Crippen LogP contribution >= 0.6 is 0 Å². The van der Waals surface area contributed by atoms with E-state index in [4.69, 9.17) is 4.74 Å². The van der Waals surface area contributed by atoms with Crippen LogP contribution in [-0.4, -0.2) is 21.0 Å². The molecule has 2 aromatic carbocycles. The van der Waals surface area contributed by atoms with Crippen LogP contribution in [0.1, 0.15) is 83.5 Å². The largest absolute Gasteiger partial charge is 0.458 e. The van der Waals surface area contributed by atoms with E-state index in [-0.39, 0.29) is 16.4 Å². The van der Waals surface area contributed by atoms with Gasteiger partial charge in [0.25, 0.3) is 0 Å². The van der Waals surface area contributed by atoms with Gasteiger partial charge in [0.05, 0.1) is 15.4 Å². The summed E-state index contributed by atoms with van der Waals surface area (Å²) in [6.07, 6.45) is 15.1. The van der Waals surface area contributed by atoms with Crippen LogP contribution in [0.3, 0.4) is 0 Å². The lowest BCUT2D eigenvalue weighted by Gasteiger charge is -2.07. The van der Waals surface area contributed by atoms with E-state index in [1.54, 1.807) is 30.3 Å². The van der Waals surface area contributed by atoms with Crippen molar-refractivity contribution in [1.29, 1.82) is 0 Å². The molecule has 4 nitrogen and oxygen atoms in total. The quantitative estimate of drug-likeness (QED) is 0.179. The molecular formula is C33H42O4S. The summed E-state index contributed by atoms with van der Waals surface area (Å²) >= 11 is 0. The third kappa shape index (κ3) is 11.1. The first-order chi connectivity index (χ1) is 18.1. The van der Waals surface area contributed by atoms with Gasteiger partial charge in [-0.2, -0.15) is 0 Å². The Labute approximate surface area is 229 Å². The molecule has 0 heterocycles. The minimum absolute atomic E-state index is 0.143. The maximum absolute atomic E-state index is 12.7. The van der Waals surface area contributed by atoms with Crippen molar-refractivity contribution in [3.8, 4) is 0 Å². The number of allylic oxidation sites excluding steroid dienone is 7. The molecule has 0 bridgehead atoms. The molecule has 0 amide bonds. The molecule has 0 radical (unpaired) electrons. The van der Waals surface area contributed by atoms with E-state index in [9.17, 15) is 13.2 Å². The summed E-state index contributed by atoms with van der Waals surface area (Å²) in [6.45, 7) is 10.9. The van der Waals surface area contributed by atoms with E-state index in [0.717, 1.165) is 38.5 Å². The number of sulfone groups is 1. The molecule has 0 N–H and O–H groups in total. The van der Waals surface area contributed by atoms with Gasteiger partial charge in [0.2, 0.25) is 9.84 Å². The molecule has 0 aliphatic heterocycles. The lowest BCUT2D eigenvalue weighted by Crippen LogP contribution is -2.07. The molecule has 2 rings (SSSR count). The van der Waals surface area contributed by atoms with Crippen molar-refractivity contribution < 1.29 is 17.9 Å². The first-order valence-corrected chi connectivity index (χ1v) is 14.8. The van der Waals surface area contributed by atoms with Gasteiger partial charge in [-0.3, -0.25) is 0 Å². The summed E-state index contributed by atoms with van der Waals surface area (Å²) in [7, 11) is -3.61. The van der Waals surface area contributed by atoms with Crippen molar-refractivity contribution in [2.45, 2.75) is 82.9 Å². The van der Waals surface area contributed by atoms with Crippen LogP contribution in [0.15, 0.2) is 111 Å². The van der Waals surface area contributed by atoms with Gasteiger partial charge in [-0.25, -0.2) is 13.2 Å². The average molecular weight is 535 g/mol. The zero-order chi connectivity index (χ0) is 28.0. The Kier molecular flexibility index (Phi) is 13.0. The van der Waals surface area contributed by atoms with Crippen LogP contribution in [0.5, 0.6) is 0 Å². The SMILES string of the molecule is CC(C)=CCCC(C)=CCCC(C)=CCCC(C)=CCOC(=O)c1ccc(S(=O)(=O)c2ccccc2)cc1. The molecule has 0 atom stereocenters. The highest BCUT2D eigenvalue weighted by atomic mass is 32.2. The van der Waals surface area contributed by atoms with Gasteiger partial charge in [0.15, 0.2) is 0 Å². The van der Waals surface area contributed by atoms with Gasteiger partial charge < -0.3 is 4.74 Å². The molecular weight excluding hydrogens is 492 g/mol. The highest BCUT2D eigenvalue weighted by Gasteiger charge is 2.18. The first-order valence-electron chi connectivity index (χ1n) is 13.3. The topological polar surface area (TPSA) is 60.4 Å². The average Bonchev–Trinajstić information content (AvgIpc) is 2.89. The van der Waals surface area contributed by atoms with E-state index >= 15 is 0 Å². The summed E-state index contributed by atoms with van der Waals surface area (Å²) in [5, 5.41) is 0. The molecule has 2 aromatic rings. The predicted molar refractivity (Wildman–Crippen MR) is 157 cm³/mol. The van der Waals surface area contributed by atoms with E-state index in [2.05, 4.69) is 45.9 Å². The van der Waals surface area contributed by atoms with Gasteiger partial charge in [-0.05, 0) is 116 Å². The third-order valence-electron chi connectivity index (χ3n) is 6.25. The van der Waals surface area contributed by atoms with Crippen molar-refractivity contribution in [2.24, 2.45) is 0 Å². The Morgan fingerprint density at radius 2 is 1.13 bits per heavy atom. The molecule has 0 saturated heterocycles. The zero-order valence-electron chi connectivity index (χ0n) is 23.5. The molecule has 5 heteroatoms. The summed E-state index contributed by atoms with van der Waals surface area (Å²) in [6, 6.07) is 14.1. The van der Waals surface area contributed by atoms with Crippen LogP contribution in [0.4, 0.5) is 0 Å². The number of hydrogen-bond donors (Lipinski definition) is 0. The Morgan fingerprint density at radius 1 is 0.658 bits per heavy atom. The second-order valence-electron chi connectivity index (χ2n) is 9.99. The summed E-state index contributed by atoms with van der Waals surface area (Å²) < 4.78 is 30.7. The van der Waals surface area contributed by atoms with E-state index in [1.807, 2.05) is 13.0 Å². The highest BCUT2D eigenvalue weighted by Crippen LogP contribution is 2.21. The molecule has 204 valence electrons. The van der Waals surface area contributed by atoms with E-state index < -0.39 is 15.8 Å². The number of benzene rings is 2. The van der Waals surface area contributed by atoms with Gasteiger partial charge >= 0.3 is 5.97 Å². The minimum atomic E-state index is -3.61. The Balaban J connectivity index is 1.75. The fraction of sp³-hybridized carbons (Fsp3) is 0.364. The lowest BCUT2D eigenvalue weighted by molar-refractivity contribution is 0.0548. The maximum Gasteiger partial charge on any atom is 0.338 e. The molecule has 0 fully saturated rings. The molecule has 0 aliphatic rings. The number of hydrogen-bond acceptors (Lipinski definition) is 4. The van der Waals surface area contributed by atoms with Crippen molar-refractivity contribution >= 4 is 15.8 Å². The first kappa shape index (κ1) is 31.0. The van der Waals surface area contributed by atoms with Crippen LogP contribution in [0, 0.1) is 0 Å². The molecule has 38 heavy (non-hydrogen) atoms. The fourth-order valence-electron chi connectivity index (χ4n) is 3.84. The second-order valence-corrected chi connectivity index (χ2v) is 11.9. The van der Waals surface area contributed by atoms with Crippen molar-refractivity contribution in [1.82, 2.24) is 0 Å². The third-order valence-corrected chi connectivity index (χ3v) is 8.04. The van der Waals surface area contributed by atoms with Gasteiger partial charge in [0.1, 0.15) is 6.61 Å². The van der Waals surface area contributed by atoms with Crippen molar-refractivity contribution in [2.75, 3.05) is 6.61 Å². The summed E-state index contributed by atoms with van der Waals surface area (Å²) in [5.74, 6) is -0.474. The van der Waals surface area contributed by atoms with Crippen LogP contribution in [0.2, 0.25) is 0 Å². The van der Waals surface area contributed by atoms with E-state index in [1.165, 1.54) is 46.6 Å². The second kappa shape index (κ2) is 15.9. The standard InChI is InChI=1S/C33H42O4S/c1-26(2)12-9-13-27(3)14-10-15-28(4)16-11-17-29(5)24-25-37-33(34)30-20-22-32(23-21-30)38(35,36)31-18-7-6-8-19-31/h6-8,12,14,16,18-24H,9-11,13,15,17,25H2,1-5H3. The Morgan fingerprint density at radius 3 is 1.66 bits per heavy atom. The fourth-order valence-corrected chi connectivity index (χ4v) is 5.12. The van der Waals surface area contributed by atoms with Crippen molar-refractivity contribution in [3.05, 3.63) is 107 Å². The predicted octanol–water partition coefficient (Wildman–Crippen LogP) is 8.82. The molecule has 0 aliphatic carbocycles. The minimum Gasteiger partial charge on any atom is -0.458 e. The van der Waals surface area contributed by atoms with Crippen LogP contribution in [0.25, 0.3) is 0 Å². The normalized spacial score (nSPS) is 12.8. The molecule has 0 unspecified atom stereocenters. The smallest absolute Gasteiger partial charge is 0.338 e. The number of ether oxygens (including phenoxy) is 1. The Bertz CT molecular complexity index is 1260. The number of esters is 1. The van der Waals surface area contributed by atoms with E-state index in [0.29, 0.717) is 5.56 Å². The van der Waals surface area contributed by atoms with Crippen LogP contribution in [-0.2, 0) is 14.6 Å². The number of carbonyl (C=O) groups excluding carboxylic acids is 1. The van der Waals surface area contributed by atoms with Gasteiger partial charge in [-0.1, -0.05) is 58.7 Å². The van der Waals surface area contributed by atoms with Crippen molar-refractivity contribution in [3.63, 3.8) is 0 Å². The number of rotatable bonds is 14. The number of carbonyl (C=O) groups is 1. The summed E-state index contributed by atoms with van der Waals surface area (Å²) in [5.41, 5.74) is 5.72. The monoisotopic (exact) mass is 534 g/mol. The van der Waals surface area contributed by atoms with Gasteiger partial charge in [0, 0.05) is 0 Å². The molecule has 0 aromatic heterocycles. The van der Waals surface area contributed by atoms with Crippen LogP contribution < -0.4 is 0 Å². The molecule has 0 spiro atoms. The van der Waals surface area contributed by atoms with Gasteiger partial charge in [-0.15, -0.1) is 0 Å². The molecule has 0 saturated carbocycles. The Hall–Kier alpha value is -3.18. The maximum atomic E-state index is 12.7. The lowest BCUT2D eigenvalue weighted by atomic mass is 10.0.